The van der Waals surface area contributed by atoms with Crippen LogP contribution in [0.4, 0.5) is 5.69 Å². The van der Waals surface area contributed by atoms with Crippen molar-refractivity contribution in [2.45, 2.75) is 23.8 Å². The summed E-state index contributed by atoms with van der Waals surface area (Å²) in [5.41, 5.74) is 1.40. The predicted molar refractivity (Wildman–Crippen MR) is 110 cm³/mol. The van der Waals surface area contributed by atoms with E-state index in [2.05, 4.69) is 10.0 Å². The van der Waals surface area contributed by atoms with Crippen LogP contribution in [-0.4, -0.2) is 14.3 Å². The van der Waals surface area contributed by atoms with Crippen LogP contribution >= 0.6 is 11.6 Å². The van der Waals surface area contributed by atoms with Crippen LogP contribution in [0, 0.1) is 5.92 Å². The highest BCUT2D eigenvalue weighted by atomic mass is 35.5. The minimum Gasteiger partial charge on any atom is -0.468 e. The topological polar surface area (TPSA) is 88.4 Å². The van der Waals surface area contributed by atoms with Crippen molar-refractivity contribution in [3.05, 3.63) is 83.3 Å². The Morgan fingerprint density at radius 1 is 1.10 bits per heavy atom. The Hall–Kier alpha value is -2.61. The Bertz CT molecular complexity index is 1130. The lowest BCUT2D eigenvalue weighted by molar-refractivity contribution is -0.117. The third kappa shape index (κ3) is 4.53. The molecule has 0 radical (unpaired) electrons. The fraction of sp³-hybridized carbons (Fsp3) is 0.190. The lowest BCUT2D eigenvalue weighted by Crippen LogP contribution is -2.23. The van der Waals surface area contributed by atoms with E-state index in [0.29, 0.717) is 16.5 Å². The molecule has 1 amide bonds. The number of furan rings is 1. The summed E-state index contributed by atoms with van der Waals surface area (Å²) < 4.78 is 32.6. The normalized spacial score (nSPS) is 18.4. The van der Waals surface area contributed by atoms with Crippen LogP contribution in [0.2, 0.25) is 5.02 Å². The van der Waals surface area contributed by atoms with Gasteiger partial charge in [-0.05, 0) is 54.3 Å². The number of amides is 1. The zero-order chi connectivity index (χ0) is 20.4. The fourth-order valence-electron chi connectivity index (χ4n) is 3.24. The lowest BCUT2D eigenvalue weighted by Gasteiger charge is -2.09. The number of carbonyl (C=O) groups excluding carboxylic acids is 1. The van der Waals surface area contributed by atoms with E-state index < -0.39 is 10.0 Å². The Morgan fingerprint density at radius 3 is 2.69 bits per heavy atom. The van der Waals surface area contributed by atoms with E-state index in [-0.39, 0.29) is 29.2 Å². The smallest absolute Gasteiger partial charge is 0.241 e. The minimum absolute atomic E-state index is 0.0491. The number of anilines is 1. The first-order chi connectivity index (χ1) is 13.9. The first-order valence-electron chi connectivity index (χ1n) is 9.11. The molecule has 1 aromatic heterocycles. The van der Waals surface area contributed by atoms with E-state index in [1.54, 1.807) is 24.3 Å². The van der Waals surface area contributed by atoms with E-state index in [0.717, 1.165) is 12.0 Å². The van der Waals surface area contributed by atoms with Crippen LogP contribution in [0.1, 0.15) is 23.7 Å². The number of rotatable bonds is 7. The lowest BCUT2D eigenvalue weighted by atomic mass is 10.1. The van der Waals surface area contributed by atoms with Gasteiger partial charge in [0.15, 0.2) is 0 Å². The summed E-state index contributed by atoms with van der Waals surface area (Å²) >= 11 is 6.22. The van der Waals surface area contributed by atoms with Crippen LogP contribution in [0.5, 0.6) is 0 Å². The molecular formula is C21H19ClN2O4S. The second-order valence-corrected chi connectivity index (χ2v) is 9.07. The Morgan fingerprint density at radius 2 is 1.93 bits per heavy atom. The SMILES string of the molecule is O=C(Nc1cccc(S(=O)(=O)NCc2ccco2)c1)C1CC1c1ccccc1Cl. The molecule has 6 nitrogen and oxygen atoms in total. The zero-order valence-corrected chi connectivity index (χ0v) is 16.9. The first kappa shape index (κ1) is 19.7. The van der Waals surface area contributed by atoms with Crippen LogP contribution in [0.15, 0.2) is 76.2 Å². The van der Waals surface area contributed by atoms with Crippen molar-refractivity contribution in [3.63, 3.8) is 0 Å². The van der Waals surface area contributed by atoms with Crippen molar-refractivity contribution in [2.24, 2.45) is 5.92 Å². The molecule has 1 aliphatic carbocycles. The number of carbonyl (C=O) groups is 1. The Kier molecular flexibility index (Phi) is 5.45. The maximum Gasteiger partial charge on any atom is 0.241 e. The number of hydrogen-bond acceptors (Lipinski definition) is 4. The van der Waals surface area contributed by atoms with E-state index in [4.69, 9.17) is 16.0 Å². The summed E-state index contributed by atoms with van der Waals surface area (Å²) in [5.74, 6) is 0.281. The molecule has 2 atom stereocenters. The van der Waals surface area contributed by atoms with Gasteiger partial charge in [0.25, 0.3) is 0 Å². The number of nitrogens with one attached hydrogen (secondary N) is 2. The summed E-state index contributed by atoms with van der Waals surface area (Å²) in [5, 5.41) is 3.47. The van der Waals surface area contributed by atoms with Crippen molar-refractivity contribution in [1.29, 1.82) is 0 Å². The van der Waals surface area contributed by atoms with Gasteiger partial charge in [0.2, 0.25) is 15.9 Å². The molecule has 0 spiro atoms. The third-order valence-corrected chi connectivity index (χ3v) is 6.60. The average Bonchev–Trinajstić information content (AvgIpc) is 3.33. The molecule has 3 aromatic rings. The fourth-order valence-corrected chi connectivity index (χ4v) is 4.56. The van der Waals surface area contributed by atoms with Crippen LogP contribution in [0.3, 0.4) is 0 Å². The van der Waals surface area contributed by atoms with Crippen molar-refractivity contribution in [1.82, 2.24) is 4.72 Å². The second-order valence-electron chi connectivity index (χ2n) is 6.89. The Balaban J connectivity index is 1.41. The van der Waals surface area contributed by atoms with Crippen LogP contribution < -0.4 is 10.0 Å². The summed E-state index contributed by atoms with van der Waals surface area (Å²) in [4.78, 5) is 12.6. The van der Waals surface area contributed by atoms with Gasteiger partial charge in [-0.25, -0.2) is 13.1 Å². The molecule has 1 heterocycles. The molecule has 2 aromatic carbocycles. The third-order valence-electron chi connectivity index (χ3n) is 4.86. The quantitative estimate of drug-likeness (QED) is 0.589. The molecular weight excluding hydrogens is 412 g/mol. The van der Waals surface area contributed by atoms with Gasteiger partial charge < -0.3 is 9.73 Å². The molecule has 8 heteroatoms. The van der Waals surface area contributed by atoms with Gasteiger partial charge in [-0.3, -0.25) is 4.79 Å². The number of sulfonamides is 1. The maximum atomic E-state index is 12.6. The van der Waals surface area contributed by atoms with E-state index in [1.807, 2.05) is 24.3 Å². The molecule has 1 fully saturated rings. The summed E-state index contributed by atoms with van der Waals surface area (Å²) in [7, 11) is -3.74. The van der Waals surface area contributed by atoms with Gasteiger partial charge in [-0.1, -0.05) is 35.9 Å². The van der Waals surface area contributed by atoms with Crippen LogP contribution in [0.25, 0.3) is 0 Å². The second kappa shape index (κ2) is 8.02. The van der Waals surface area contributed by atoms with E-state index in [1.165, 1.54) is 18.4 Å². The minimum atomic E-state index is -3.74. The van der Waals surface area contributed by atoms with Gasteiger partial charge >= 0.3 is 0 Å². The molecule has 0 saturated heterocycles. The highest BCUT2D eigenvalue weighted by molar-refractivity contribution is 7.89. The van der Waals surface area contributed by atoms with E-state index in [9.17, 15) is 13.2 Å². The first-order valence-corrected chi connectivity index (χ1v) is 11.0. The standard InChI is InChI=1S/C21H19ClN2O4S/c22-20-9-2-1-8-17(20)18-12-19(18)21(25)24-14-5-3-7-16(11-14)29(26,27)23-13-15-6-4-10-28-15/h1-11,18-19,23H,12-13H2,(H,24,25). The van der Waals surface area contributed by atoms with Gasteiger partial charge in [0.1, 0.15) is 5.76 Å². The largest absolute Gasteiger partial charge is 0.468 e. The van der Waals surface area contributed by atoms with Gasteiger partial charge in [0, 0.05) is 16.6 Å². The summed E-state index contributed by atoms with van der Waals surface area (Å²) in [6.45, 7) is 0.0491. The number of benzene rings is 2. The predicted octanol–water partition coefficient (Wildman–Crippen LogP) is 4.15. The van der Waals surface area contributed by atoms with Crippen molar-refractivity contribution >= 4 is 33.2 Å². The van der Waals surface area contributed by atoms with E-state index >= 15 is 0 Å². The molecule has 150 valence electrons. The molecule has 1 saturated carbocycles. The molecule has 2 N–H and O–H groups in total. The highest BCUT2D eigenvalue weighted by Crippen LogP contribution is 2.50. The molecule has 0 aliphatic heterocycles. The van der Waals surface area contributed by atoms with Crippen LogP contribution in [-0.2, 0) is 21.4 Å². The maximum absolute atomic E-state index is 12.6. The molecule has 4 rings (SSSR count). The van der Waals surface area contributed by atoms with Gasteiger partial charge in [-0.2, -0.15) is 0 Å². The summed E-state index contributed by atoms with van der Waals surface area (Å²) in [6, 6.07) is 17.0. The number of halogens is 1. The Labute approximate surface area is 173 Å². The average molecular weight is 431 g/mol. The summed E-state index contributed by atoms with van der Waals surface area (Å²) in [6.07, 6.45) is 2.20. The molecule has 0 bridgehead atoms. The molecule has 2 unspecified atom stereocenters. The zero-order valence-electron chi connectivity index (χ0n) is 15.3. The number of hydrogen-bond donors (Lipinski definition) is 2. The van der Waals surface area contributed by atoms with Crippen molar-refractivity contribution in [3.8, 4) is 0 Å². The van der Waals surface area contributed by atoms with Crippen molar-refractivity contribution in [2.75, 3.05) is 5.32 Å². The molecule has 29 heavy (non-hydrogen) atoms. The highest BCUT2D eigenvalue weighted by Gasteiger charge is 2.44. The molecule has 1 aliphatic rings. The van der Waals surface area contributed by atoms with Crippen molar-refractivity contribution < 1.29 is 17.6 Å². The van der Waals surface area contributed by atoms with Gasteiger partial charge in [-0.15, -0.1) is 0 Å². The van der Waals surface area contributed by atoms with Gasteiger partial charge in [0.05, 0.1) is 17.7 Å². The monoisotopic (exact) mass is 430 g/mol.